The zero-order chi connectivity index (χ0) is 15.7. The van der Waals surface area contributed by atoms with Crippen molar-refractivity contribution in [3.8, 4) is 0 Å². The van der Waals surface area contributed by atoms with Gasteiger partial charge in [0.15, 0.2) is 0 Å². The topological polar surface area (TPSA) is 84.9 Å². The Kier molecular flexibility index (Phi) is 8.07. The predicted molar refractivity (Wildman–Crippen MR) is 75.9 cm³/mol. The van der Waals surface area contributed by atoms with Crippen LogP contribution in [0.15, 0.2) is 0 Å². The first-order valence-electron chi connectivity index (χ1n) is 6.87. The standard InChI is InChI=1S/C13H21ClN2O5/c1-20-7-8-21-12(18)9-10-13(19)15-5-6-16(10)11(17)3-2-4-14/h10H,2-9H2,1H3,(H,15,19). The van der Waals surface area contributed by atoms with Crippen molar-refractivity contribution in [3.63, 3.8) is 0 Å². The van der Waals surface area contributed by atoms with Crippen LogP contribution in [-0.2, 0) is 23.9 Å². The summed E-state index contributed by atoms with van der Waals surface area (Å²) in [6, 6.07) is -0.809. The third kappa shape index (κ3) is 5.89. The van der Waals surface area contributed by atoms with Crippen LogP contribution in [0.4, 0.5) is 0 Å². The van der Waals surface area contributed by atoms with E-state index < -0.39 is 12.0 Å². The molecule has 1 rings (SSSR count). The highest BCUT2D eigenvalue weighted by Crippen LogP contribution is 2.12. The SMILES string of the molecule is COCCOC(=O)CC1C(=O)NCCN1C(=O)CCCCl. The summed E-state index contributed by atoms with van der Waals surface area (Å²) in [6.45, 7) is 1.20. The Labute approximate surface area is 128 Å². The van der Waals surface area contributed by atoms with Crippen molar-refractivity contribution >= 4 is 29.4 Å². The molecule has 120 valence electrons. The van der Waals surface area contributed by atoms with Crippen LogP contribution >= 0.6 is 11.6 Å². The van der Waals surface area contributed by atoms with Crippen LogP contribution in [0.3, 0.4) is 0 Å². The number of alkyl halides is 1. The predicted octanol–water partition coefficient (Wildman–Crippen LogP) is -0.0879. The minimum atomic E-state index is -0.809. The van der Waals surface area contributed by atoms with Gasteiger partial charge >= 0.3 is 5.97 Å². The quantitative estimate of drug-likeness (QED) is 0.384. The van der Waals surface area contributed by atoms with Crippen molar-refractivity contribution < 1.29 is 23.9 Å². The highest BCUT2D eigenvalue weighted by atomic mass is 35.5. The number of nitrogens with one attached hydrogen (secondary N) is 1. The lowest BCUT2D eigenvalue weighted by atomic mass is 10.1. The molecular formula is C13H21ClN2O5. The van der Waals surface area contributed by atoms with Gasteiger partial charge in [0.1, 0.15) is 12.6 Å². The lowest BCUT2D eigenvalue weighted by Crippen LogP contribution is -2.57. The summed E-state index contributed by atoms with van der Waals surface area (Å²) < 4.78 is 9.71. The average molecular weight is 321 g/mol. The van der Waals surface area contributed by atoms with Crippen LogP contribution < -0.4 is 5.32 Å². The second-order valence-electron chi connectivity index (χ2n) is 4.60. The lowest BCUT2D eigenvalue weighted by Gasteiger charge is -2.34. The third-order valence-corrected chi connectivity index (χ3v) is 3.35. The van der Waals surface area contributed by atoms with Gasteiger partial charge in [-0.3, -0.25) is 14.4 Å². The molecule has 1 atom stereocenters. The fraction of sp³-hybridized carbons (Fsp3) is 0.769. The van der Waals surface area contributed by atoms with E-state index in [1.54, 1.807) is 0 Å². The normalized spacial score (nSPS) is 18.3. The molecule has 1 N–H and O–H groups in total. The van der Waals surface area contributed by atoms with E-state index in [0.29, 0.717) is 32.0 Å². The van der Waals surface area contributed by atoms with Crippen molar-refractivity contribution in [2.75, 3.05) is 39.3 Å². The molecule has 1 saturated heterocycles. The number of piperazine rings is 1. The summed E-state index contributed by atoms with van der Waals surface area (Å²) >= 11 is 5.57. The first-order chi connectivity index (χ1) is 10.1. The number of hydrogen-bond donors (Lipinski definition) is 1. The molecule has 1 heterocycles. The summed E-state index contributed by atoms with van der Waals surface area (Å²) in [5.74, 6) is -0.635. The van der Waals surface area contributed by atoms with E-state index in [1.165, 1.54) is 12.0 Å². The molecule has 0 spiro atoms. The Morgan fingerprint density at radius 1 is 1.43 bits per heavy atom. The Balaban J connectivity index is 2.57. The number of nitrogens with zero attached hydrogens (tertiary/aromatic N) is 1. The molecule has 1 unspecified atom stereocenters. The maximum atomic E-state index is 12.1. The van der Waals surface area contributed by atoms with E-state index in [2.05, 4.69) is 5.32 Å². The minimum Gasteiger partial charge on any atom is -0.463 e. The molecule has 2 amide bonds. The van der Waals surface area contributed by atoms with Crippen LogP contribution in [0.1, 0.15) is 19.3 Å². The van der Waals surface area contributed by atoms with E-state index in [4.69, 9.17) is 21.1 Å². The molecule has 0 radical (unpaired) electrons. The second kappa shape index (κ2) is 9.57. The van der Waals surface area contributed by atoms with Gasteiger partial charge < -0.3 is 19.7 Å². The highest BCUT2D eigenvalue weighted by molar-refractivity contribution is 6.17. The number of rotatable bonds is 8. The molecule has 0 aromatic heterocycles. The van der Waals surface area contributed by atoms with Gasteiger partial charge in [0.2, 0.25) is 11.8 Å². The molecule has 0 bridgehead atoms. The fourth-order valence-corrected chi connectivity index (χ4v) is 2.17. The van der Waals surface area contributed by atoms with Gasteiger partial charge in [0.05, 0.1) is 13.0 Å². The minimum absolute atomic E-state index is 0.129. The van der Waals surface area contributed by atoms with E-state index in [9.17, 15) is 14.4 Å². The average Bonchev–Trinajstić information content (AvgIpc) is 2.47. The Bertz CT molecular complexity index is 378. The van der Waals surface area contributed by atoms with Crippen molar-refractivity contribution in [2.24, 2.45) is 0 Å². The molecule has 1 aliphatic heterocycles. The third-order valence-electron chi connectivity index (χ3n) is 3.09. The zero-order valence-electron chi connectivity index (χ0n) is 12.1. The van der Waals surface area contributed by atoms with Gasteiger partial charge in [-0.2, -0.15) is 0 Å². The van der Waals surface area contributed by atoms with Crippen LogP contribution in [0.2, 0.25) is 0 Å². The van der Waals surface area contributed by atoms with Crippen LogP contribution in [0.25, 0.3) is 0 Å². The molecule has 8 heteroatoms. The summed E-state index contributed by atoms with van der Waals surface area (Å²) in [5, 5.41) is 2.65. The van der Waals surface area contributed by atoms with Gasteiger partial charge in [0, 0.05) is 32.5 Å². The van der Waals surface area contributed by atoms with Gasteiger partial charge in [-0.25, -0.2) is 0 Å². The molecule has 0 saturated carbocycles. The van der Waals surface area contributed by atoms with Gasteiger partial charge in [0.25, 0.3) is 0 Å². The number of halogens is 1. The summed E-state index contributed by atoms with van der Waals surface area (Å²) in [5.41, 5.74) is 0. The fourth-order valence-electron chi connectivity index (χ4n) is 2.03. The number of carbonyl (C=O) groups is 3. The van der Waals surface area contributed by atoms with E-state index in [0.717, 1.165) is 0 Å². The Morgan fingerprint density at radius 3 is 2.86 bits per heavy atom. The molecule has 1 fully saturated rings. The van der Waals surface area contributed by atoms with E-state index >= 15 is 0 Å². The molecule has 0 aromatic rings. The number of methoxy groups -OCH3 is 1. The molecular weight excluding hydrogens is 300 g/mol. The highest BCUT2D eigenvalue weighted by Gasteiger charge is 2.34. The van der Waals surface area contributed by atoms with Crippen molar-refractivity contribution in [1.29, 1.82) is 0 Å². The zero-order valence-corrected chi connectivity index (χ0v) is 12.9. The monoisotopic (exact) mass is 320 g/mol. The molecule has 0 aliphatic carbocycles. The van der Waals surface area contributed by atoms with Crippen molar-refractivity contribution in [1.82, 2.24) is 10.2 Å². The van der Waals surface area contributed by atoms with Gasteiger partial charge in [-0.1, -0.05) is 0 Å². The molecule has 0 aromatic carbocycles. The molecule has 7 nitrogen and oxygen atoms in total. The van der Waals surface area contributed by atoms with Crippen molar-refractivity contribution in [2.45, 2.75) is 25.3 Å². The first-order valence-corrected chi connectivity index (χ1v) is 7.41. The van der Waals surface area contributed by atoms with E-state index in [-0.39, 0.29) is 31.3 Å². The summed E-state index contributed by atoms with van der Waals surface area (Å²) in [6.07, 6.45) is 0.664. The molecule has 21 heavy (non-hydrogen) atoms. The van der Waals surface area contributed by atoms with Gasteiger partial charge in [-0.05, 0) is 6.42 Å². The maximum Gasteiger partial charge on any atom is 0.308 e. The lowest BCUT2D eigenvalue weighted by molar-refractivity contribution is -0.152. The van der Waals surface area contributed by atoms with Crippen molar-refractivity contribution in [3.05, 3.63) is 0 Å². The first kappa shape index (κ1) is 17.7. The number of hydrogen-bond acceptors (Lipinski definition) is 5. The number of carbonyl (C=O) groups excluding carboxylic acids is 3. The Hall–Kier alpha value is -1.34. The summed E-state index contributed by atoms with van der Waals surface area (Å²) in [7, 11) is 1.50. The van der Waals surface area contributed by atoms with Crippen LogP contribution in [0.5, 0.6) is 0 Å². The number of esters is 1. The largest absolute Gasteiger partial charge is 0.463 e. The van der Waals surface area contributed by atoms with Gasteiger partial charge in [-0.15, -0.1) is 11.6 Å². The Morgan fingerprint density at radius 2 is 2.19 bits per heavy atom. The number of amides is 2. The number of ether oxygens (including phenoxy) is 2. The summed E-state index contributed by atoms with van der Waals surface area (Å²) in [4.78, 5) is 37.1. The van der Waals surface area contributed by atoms with E-state index in [1.807, 2.05) is 0 Å². The second-order valence-corrected chi connectivity index (χ2v) is 4.98. The maximum absolute atomic E-state index is 12.1. The molecule has 1 aliphatic rings. The smallest absolute Gasteiger partial charge is 0.308 e. The van der Waals surface area contributed by atoms with Crippen LogP contribution in [0, 0.1) is 0 Å². The van der Waals surface area contributed by atoms with Crippen LogP contribution in [-0.4, -0.2) is 68.0 Å².